The van der Waals surface area contributed by atoms with Crippen LogP contribution >= 0.6 is 11.6 Å². The van der Waals surface area contributed by atoms with Crippen molar-refractivity contribution in [1.82, 2.24) is 9.78 Å². The molecule has 0 bridgehead atoms. The normalized spacial score (nSPS) is 10.7. The summed E-state index contributed by atoms with van der Waals surface area (Å²) in [7, 11) is 0. The minimum Gasteiger partial charge on any atom is -0.379 e. The molecule has 0 aliphatic rings. The molecule has 19 heavy (non-hydrogen) atoms. The minimum atomic E-state index is 0.544. The molecule has 2 rings (SSSR count). The van der Waals surface area contributed by atoms with E-state index in [9.17, 15) is 0 Å². The van der Waals surface area contributed by atoms with E-state index in [0.717, 1.165) is 36.5 Å². The van der Waals surface area contributed by atoms with Gasteiger partial charge in [0.1, 0.15) is 0 Å². The zero-order valence-corrected chi connectivity index (χ0v) is 12.2. The van der Waals surface area contributed by atoms with Gasteiger partial charge in [0.15, 0.2) is 0 Å². The van der Waals surface area contributed by atoms with Gasteiger partial charge in [0.05, 0.1) is 17.9 Å². The van der Waals surface area contributed by atoms with Crippen LogP contribution in [0.2, 0.25) is 0 Å². The SMILES string of the molecule is CCc1cc(CNc2cccc(CCl)c2)n(CC)n1. The Balaban J connectivity index is 2.07. The minimum absolute atomic E-state index is 0.544. The molecular weight excluding hydrogens is 258 g/mol. The molecule has 0 fully saturated rings. The second-order valence-electron chi connectivity index (χ2n) is 4.48. The lowest BCUT2D eigenvalue weighted by Crippen LogP contribution is -2.08. The number of hydrogen-bond donors (Lipinski definition) is 1. The molecule has 0 atom stereocenters. The van der Waals surface area contributed by atoms with E-state index < -0.39 is 0 Å². The maximum Gasteiger partial charge on any atom is 0.0625 e. The zero-order chi connectivity index (χ0) is 13.7. The van der Waals surface area contributed by atoms with Crippen molar-refractivity contribution in [2.75, 3.05) is 5.32 Å². The van der Waals surface area contributed by atoms with Crippen molar-refractivity contribution in [2.45, 2.75) is 39.2 Å². The smallest absolute Gasteiger partial charge is 0.0625 e. The average molecular weight is 278 g/mol. The lowest BCUT2D eigenvalue weighted by Gasteiger charge is -2.08. The monoisotopic (exact) mass is 277 g/mol. The molecule has 0 unspecified atom stereocenters. The summed E-state index contributed by atoms with van der Waals surface area (Å²) in [4.78, 5) is 0. The van der Waals surface area contributed by atoms with Crippen LogP contribution in [0.15, 0.2) is 30.3 Å². The van der Waals surface area contributed by atoms with Crippen LogP contribution in [0.1, 0.15) is 30.8 Å². The maximum atomic E-state index is 5.84. The third-order valence-electron chi connectivity index (χ3n) is 3.13. The van der Waals surface area contributed by atoms with E-state index in [4.69, 9.17) is 11.6 Å². The molecule has 0 saturated heterocycles. The van der Waals surface area contributed by atoms with Crippen LogP contribution in [0.3, 0.4) is 0 Å². The molecule has 1 heterocycles. The molecule has 4 heteroatoms. The Morgan fingerprint density at radius 3 is 2.79 bits per heavy atom. The molecule has 102 valence electrons. The van der Waals surface area contributed by atoms with Crippen LogP contribution in [0.5, 0.6) is 0 Å². The summed E-state index contributed by atoms with van der Waals surface area (Å²) in [6.45, 7) is 5.93. The fraction of sp³-hybridized carbons (Fsp3) is 0.400. The van der Waals surface area contributed by atoms with E-state index in [2.05, 4.69) is 47.1 Å². The molecular formula is C15H20ClN3. The Hall–Kier alpha value is -1.48. The van der Waals surface area contributed by atoms with Crippen LogP contribution < -0.4 is 5.32 Å². The average Bonchev–Trinajstić information content (AvgIpc) is 2.87. The largest absolute Gasteiger partial charge is 0.379 e. The van der Waals surface area contributed by atoms with Gasteiger partial charge in [-0.15, -0.1) is 11.6 Å². The first-order valence-electron chi connectivity index (χ1n) is 6.71. The predicted molar refractivity (Wildman–Crippen MR) is 80.6 cm³/mol. The number of rotatable bonds is 6. The summed E-state index contributed by atoms with van der Waals surface area (Å²) in [5.74, 6) is 0.544. The van der Waals surface area contributed by atoms with Gasteiger partial charge in [0.2, 0.25) is 0 Å². The van der Waals surface area contributed by atoms with Gasteiger partial charge in [-0.2, -0.15) is 5.10 Å². The highest BCUT2D eigenvalue weighted by Crippen LogP contribution is 2.14. The van der Waals surface area contributed by atoms with Crippen LogP contribution in [0, 0.1) is 0 Å². The van der Waals surface area contributed by atoms with Gasteiger partial charge in [-0.25, -0.2) is 0 Å². The first-order chi connectivity index (χ1) is 9.26. The Labute approximate surface area is 119 Å². The number of benzene rings is 1. The molecule has 0 aliphatic heterocycles. The highest BCUT2D eigenvalue weighted by Gasteiger charge is 2.05. The standard InChI is InChI=1S/C15H20ClN3/c1-3-13-9-15(19(4-2)18-13)11-17-14-7-5-6-12(8-14)10-16/h5-9,17H,3-4,10-11H2,1-2H3. The van der Waals surface area contributed by atoms with Crippen molar-refractivity contribution in [1.29, 1.82) is 0 Å². The van der Waals surface area contributed by atoms with Gasteiger partial charge >= 0.3 is 0 Å². The van der Waals surface area contributed by atoms with Crippen molar-refractivity contribution >= 4 is 17.3 Å². The number of anilines is 1. The van der Waals surface area contributed by atoms with Gasteiger partial charge in [-0.05, 0) is 37.1 Å². The van der Waals surface area contributed by atoms with E-state index >= 15 is 0 Å². The molecule has 2 aromatic rings. The van der Waals surface area contributed by atoms with Gasteiger partial charge in [-0.1, -0.05) is 19.1 Å². The van der Waals surface area contributed by atoms with E-state index in [-0.39, 0.29) is 0 Å². The van der Waals surface area contributed by atoms with Crippen molar-refractivity contribution in [3.63, 3.8) is 0 Å². The first kappa shape index (κ1) is 13.9. The quantitative estimate of drug-likeness (QED) is 0.814. The lowest BCUT2D eigenvalue weighted by molar-refractivity contribution is 0.619. The van der Waals surface area contributed by atoms with E-state index in [1.54, 1.807) is 0 Å². The Kier molecular flexibility index (Phi) is 4.86. The molecule has 3 nitrogen and oxygen atoms in total. The molecule has 1 aromatic carbocycles. The third kappa shape index (κ3) is 3.51. The molecule has 0 amide bonds. The highest BCUT2D eigenvalue weighted by atomic mass is 35.5. The Morgan fingerprint density at radius 2 is 2.11 bits per heavy atom. The summed E-state index contributed by atoms with van der Waals surface area (Å²) in [5.41, 5.74) is 4.59. The van der Waals surface area contributed by atoms with E-state index in [1.165, 1.54) is 5.69 Å². The second kappa shape index (κ2) is 6.62. The van der Waals surface area contributed by atoms with Gasteiger partial charge in [-0.3, -0.25) is 4.68 Å². The molecule has 0 saturated carbocycles. The van der Waals surface area contributed by atoms with Crippen LogP contribution in [0.4, 0.5) is 5.69 Å². The summed E-state index contributed by atoms with van der Waals surface area (Å²) in [6.07, 6.45) is 0.974. The van der Waals surface area contributed by atoms with Gasteiger partial charge in [0.25, 0.3) is 0 Å². The first-order valence-corrected chi connectivity index (χ1v) is 7.24. The molecule has 1 aromatic heterocycles. The van der Waals surface area contributed by atoms with Crippen molar-refractivity contribution in [2.24, 2.45) is 0 Å². The van der Waals surface area contributed by atoms with Crippen molar-refractivity contribution in [3.05, 3.63) is 47.3 Å². The fourth-order valence-electron chi connectivity index (χ4n) is 2.06. The topological polar surface area (TPSA) is 29.9 Å². The number of aromatic nitrogens is 2. The maximum absolute atomic E-state index is 5.84. The number of halogens is 1. The van der Waals surface area contributed by atoms with Crippen LogP contribution in [-0.2, 0) is 25.4 Å². The zero-order valence-electron chi connectivity index (χ0n) is 11.5. The van der Waals surface area contributed by atoms with Crippen molar-refractivity contribution in [3.8, 4) is 0 Å². The number of nitrogens with zero attached hydrogens (tertiary/aromatic N) is 2. The number of aryl methyl sites for hydroxylation is 2. The molecule has 0 aliphatic carbocycles. The molecule has 0 radical (unpaired) electrons. The summed E-state index contributed by atoms with van der Waals surface area (Å²) in [5, 5.41) is 7.98. The summed E-state index contributed by atoms with van der Waals surface area (Å²) < 4.78 is 2.05. The molecule has 1 N–H and O–H groups in total. The Morgan fingerprint density at radius 1 is 1.26 bits per heavy atom. The highest BCUT2D eigenvalue weighted by molar-refractivity contribution is 6.17. The van der Waals surface area contributed by atoms with Crippen LogP contribution in [-0.4, -0.2) is 9.78 Å². The second-order valence-corrected chi connectivity index (χ2v) is 4.75. The van der Waals surface area contributed by atoms with Crippen LogP contribution in [0.25, 0.3) is 0 Å². The third-order valence-corrected chi connectivity index (χ3v) is 3.44. The van der Waals surface area contributed by atoms with E-state index in [0.29, 0.717) is 5.88 Å². The fourth-order valence-corrected chi connectivity index (χ4v) is 2.23. The van der Waals surface area contributed by atoms with Gasteiger partial charge < -0.3 is 5.32 Å². The van der Waals surface area contributed by atoms with Crippen molar-refractivity contribution < 1.29 is 0 Å². The van der Waals surface area contributed by atoms with Gasteiger partial charge in [0, 0.05) is 18.1 Å². The number of alkyl halides is 1. The number of hydrogen-bond acceptors (Lipinski definition) is 2. The number of nitrogens with one attached hydrogen (secondary N) is 1. The summed E-state index contributed by atoms with van der Waals surface area (Å²) >= 11 is 5.84. The van der Waals surface area contributed by atoms with E-state index in [1.807, 2.05) is 12.1 Å². The molecule has 0 spiro atoms. The lowest BCUT2D eigenvalue weighted by atomic mass is 10.2. The Bertz CT molecular complexity index is 534. The summed E-state index contributed by atoms with van der Waals surface area (Å²) in [6, 6.07) is 10.4. The predicted octanol–water partition coefficient (Wildman–Crippen LogP) is 3.82.